The maximum atomic E-state index is 13.5. The van der Waals surface area contributed by atoms with E-state index >= 15 is 0 Å². The van der Waals surface area contributed by atoms with E-state index in [1.807, 2.05) is 0 Å². The van der Waals surface area contributed by atoms with Crippen molar-refractivity contribution in [2.45, 2.75) is 6.04 Å². The van der Waals surface area contributed by atoms with Crippen molar-refractivity contribution in [1.29, 1.82) is 0 Å². The lowest BCUT2D eigenvalue weighted by Gasteiger charge is -2.10. The van der Waals surface area contributed by atoms with Gasteiger partial charge >= 0.3 is 6.09 Å². The molecule has 1 aromatic rings. The summed E-state index contributed by atoms with van der Waals surface area (Å²) >= 11 is 5.51. The summed E-state index contributed by atoms with van der Waals surface area (Å²) in [5, 5.41) is 2.09. The predicted octanol–water partition coefficient (Wildman–Crippen LogP) is 2.82. The van der Waals surface area contributed by atoms with Crippen LogP contribution in [0.3, 0.4) is 0 Å². The Bertz CT molecular complexity index is 428. The Hall–Kier alpha value is -1.07. The molecule has 1 aromatic carbocycles. The second-order valence-corrected chi connectivity index (χ2v) is 3.46. The molecule has 0 aromatic heterocycles. The molecule has 16 heavy (non-hydrogen) atoms. The van der Waals surface area contributed by atoms with Crippen LogP contribution in [-0.4, -0.2) is 12.7 Å². The van der Waals surface area contributed by atoms with E-state index in [-0.39, 0.29) is 29.6 Å². The van der Waals surface area contributed by atoms with Gasteiger partial charge in [0.1, 0.15) is 18.2 Å². The number of benzene rings is 1. The first-order valence-corrected chi connectivity index (χ1v) is 4.54. The lowest BCUT2D eigenvalue weighted by Crippen LogP contribution is -2.20. The normalized spacial score (nSPS) is 18.7. The molecule has 1 atom stereocenters. The maximum Gasteiger partial charge on any atom is 0.407 e. The van der Waals surface area contributed by atoms with Gasteiger partial charge in [-0.05, 0) is 12.1 Å². The van der Waals surface area contributed by atoms with Crippen molar-refractivity contribution < 1.29 is 18.3 Å². The quantitative estimate of drug-likeness (QED) is 0.797. The largest absolute Gasteiger partial charge is 0.447 e. The number of nitrogens with one attached hydrogen (secondary N) is 1. The van der Waals surface area contributed by atoms with Crippen LogP contribution in [-0.2, 0) is 4.74 Å². The van der Waals surface area contributed by atoms with E-state index in [1.165, 1.54) is 0 Å². The predicted molar refractivity (Wildman–Crippen MR) is 55.8 cm³/mol. The van der Waals surface area contributed by atoms with E-state index in [2.05, 4.69) is 10.1 Å². The lowest BCUT2D eigenvalue weighted by molar-refractivity contribution is 0.176. The summed E-state index contributed by atoms with van der Waals surface area (Å²) in [5.41, 5.74) is -0.270. The smallest absolute Gasteiger partial charge is 0.407 e. The number of hydrogen-bond acceptors (Lipinski definition) is 2. The topological polar surface area (TPSA) is 38.3 Å². The third-order valence-electron chi connectivity index (χ3n) is 2.10. The molecular weight excluding hydrogens is 263 g/mol. The number of cyclic esters (lactones) is 1. The molecule has 1 N–H and O–H groups in total. The Balaban J connectivity index is 0.00000128. The van der Waals surface area contributed by atoms with Gasteiger partial charge in [0, 0.05) is 0 Å². The Morgan fingerprint density at radius 2 is 2.12 bits per heavy atom. The van der Waals surface area contributed by atoms with Crippen LogP contribution in [0.2, 0.25) is 5.02 Å². The summed E-state index contributed by atoms with van der Waals surface area (Å²) in [5.74, 6) is -1.62. The average Bonchev–Trinajstić information content (AvgIpc) is 2.59. The minimum Gasteiger partial charge on any atom is -0.447 e. The van der Waals surface area contributed by atoms with Crippen molar-refractivity contribution in [2.24, 2.45) is 0 Å². The molecular formula is C9H7Cl2F2NO2. The molecule has 0 bridgehead atoms. The van der Waals surface area contributed by atoms with Gasteiger partial charge in [0.25, 0.3) is 0 Å². The monoisotopic (exact) mass is 269 g/mol. The fourth-order valence-corrected chi connectivity index (χ4v) is 1.57. The number of rotatable bonds is 1. The number of hydrogen-bond donors (Lipinski definition) is 1. The highest BCUT2D eigenvalue weighted by Gasteiger charge is 2.29. The van der Waals surface area contributed by atoms with Crippen LogP contribution in [0.25, 0.3) is 0 Å². The summed E-state index contributed by atoms with van der Waals surface area (Å²) in [4.78, 5) is 10.7. The van der Waals surface area contributed by atoms with Gasteiger partial charge in [-0.15, -0.1) is 12.4 Å². The van der Waals surface area contributed by atoms with E-state index < -0.39 is 23.8 Å². The van der Waals surface area contributed by atoms with E-state index in [4.69, 9.17) is 11.6 Å². The molecule has 1 fully saturated rings. The number of carbonyl (C=O) groups excluding carboxylic acids is 1. The zero-order chi connectivity index (χ0) is 11.0. The van der Waals surface area contributed by atoms with Gasteiger partial charge in [-0.3, -0.25) is 0 Å². The molecule has 3 nitrogen and oxygen atoms in total. The highest BCUT2D eigenvalue weighted by atomic mass is 35.5. The average molecular weight is 270 g/mol. The zero-order valence-corrected chi connectivity index (χ0v) is 9.37. The lowest BCUT2D eigenvalue weighted by atomic mass is 10.1. The molecule has 1 saturated heterocycles. The number of halogens is 4. The van der Waals surface area contributed by atoms with Gasteiger partial charge in [0.15, 0.2) is 0 Å². The molecule has 1 aliphatic heterocycles. The van der Waals surface area contributed by atoms with Gasteiger partial charge in [0.2, 0.25) is 0 Å². The first kappa shape index (κ1) is 13.0. The highest BCUT2D eigenvalue weighted by molar-refractivity contribution is 6.30. The molecule has 0 unspecified atom stereocenters. The van der Waals surface area contributed by atoms with Crippen LogP contribution in [0.5, 0.6) is 0 Å². The van der Waals surface area contributed by atoms with Crippen molar-refractivity contribution in [3.05, 3.63) is 34.4 Å². The van der Waals surface area contributed by atoms with Crippen molar-refractivity contribution in [1.82, 2.24) is 5.32 Å². The van der Waals surface area contributed by atoms with Crippen LogP contribution in [0.15, 0.2) is 12.1 Å². The van der Waals surface area contributed by atoms with E-state index in [0.717, 1.165) is 12.1 Å². The Kier molecular flexibility index (Phi) is 3.93. The van der Waals surface area contributed by atoms with Crippen LogP contribution in [0.1, 0.15) is 11.6 Å². The minimum atomic E-state index is -0.868. The third-order valence-corrected chi connectivity index (χ3v) is 2.39. The second kappa shape index (κ2) is 4.84. The van der Waals surface area contributed by atoms with E-state index in [0.29, 0.717) is 0 Å². The molecule has 0 radical (unpaired) electrons. The molecule has 1 heterocycles. The summed E-state index contributed by atoms with van der Waals surface area (Å²) in [7, 11) is 0. The summed E-state index contributed by atoms with van der Waals surface area (Å²) in [6.07, 6.45) is -0.696. The van der Waals surface area contributed by atoms with Gasteiger partial charge in [-0.2, -0.15) is 0 Å². The van der Waals surface area contributed by atoms with Crippen molar-refractivity contribution in [3.8, 4) is 0 Å². The molecule has 88 valence electrons. The molecule has 7 heteroatoms. The van der Waals surface area contributed by atoms with Gasteiger partial charge in [0.05, 0.1) is 16.6 Å². The van der Waals surface area contributed by atoms with E-state index in [9.17, 15) is 13.6 Å². The van der Waals surface area contributed by atoms with Crippen molar-refractivity contribution in [3.63, 3.8) is 0 Å². The molecule has 1 amide bonds. The Morgan fingerprint density at radius 3 is 2.69 bits per heavy atom. The zero-order valence-electron chi connectivity index (χ0n) is 7.80. The van der Waals surface area contributed by atoms with Crippen molar-refractivity contribution in [2.75, 3.05) is 6.61 Å². The SMILES string of the molecule is Cl.O=C1N[C@@H](c2c(F)ccc(Cl)c2F)CO1. The second-order valence-electron chi connectivity index (χ2n) is 3.05. The maximum absolute atomic E-state index is 13.5. The molecule has 0 saturated carbocycles. The standard InChI is InChI=1S/C9H6ClF2NO2.ClH/c10-4-1-2-5(11)7(8(4)12)6-3-15-9(14)13-6;/h1-2,6H,3H2,(H,13,14);1H/t6-;/m1./s1. The third kappa shape index (κ3) is 2.20. The van der Waals surface area contributed by atoms with E-state index in [1.54, 1.807) is 0 Å². The van der Waals surface area contributed by atoms with Crippen LogP contribution in [0.4, 0.5) is 13.6 Å². The highest BCUT2D eigenvalue weighted by Crippen LogP contribution is 2.28. The fraction of sp³-hybridized carbons (Fsp3) is 0.222. The number of carbonyl (C=O) groups is 1. The first-order chi connectivity index (χ1) is 7.09. The molecule has 2 rings (SSSR count). The molecule has 1 aliphatic rings. The van der Waals surface area contributed by atoms with Crippen molar-refractivity contribution >= 4 is 30.1 Å². The summed E-state index contributed by atoms with van der Waals surface area (Å²) in [6, 6.07) is 1.34. The summed E-state index contributed by atoms with van der Waals surface area (Å²) in [6.45, 7) is -0.104. The Morgan fingerprint density at radius 1 is 1.44 bits per heavy atom. The van der Waals surface area contributed by atoms with Crippen LogP contribution >= 0.6 is 24.0 Å². The first-order valence-electron chi connectivity index (χ1n) is 4.16. The minimum absolute atomic E-state index is 0. The fourth-order valence-electron chi connectivity index (χ4n) is 1.40. The summed E-state index contributed by atoms with van der Waals surface area (Å²) < 4.78 is 31.3. The molecule has 0 aliphatic carbocycles. The van der Waals surface area contributed by atoms with Gasteiger partial charge in [-0.25, -0.2) is 13.6 Å². The number of amides is 1. The van der Waals surface area contributed by atoms with Gasteiger partial charge < -0.3 is 10.1 Å². The Labute approximate surface area is 101 Å². The van der Waals surface area contributed by atoms with Gasteiger partial charge in [-0.1, -0.05) is 11.6 Å². The van der Waals surface area contributed by atoms with Crippen LogP contribution in [0, 0.1) is 11.6 Å². The number of ether oxygens (including phenoxy) is 1. The molecule has 0 spiro atoms. The number of alkyl carbamates (subject to hydrolysis) is 1. The van der Waals surface area contributed by atoms with Crippen LogP contribution < -0.4 is 5.32 Å².